The molecule has 0 spiro atoms. The topological polar surface area (TPSA) is 38.3 Å². The summed E-state index contributed by atoms with van der Waals surface area (Å²) in [6.07, 6.45) is 5.16. The molecule has 116 valence electrons. The van der Waals surface area contributed by atoms with E-state index in [0.717, 1.165) is 6.42 Å². The van der Waals surface area contributed by atoms with Gasteiger partial charge in [0.15, 0.2) is 0 Å². The fourth-order valence-electron chi connectivity index (χ4n) is 2.67. The number of carbonyl (C=O) groups excluding carboxylic acids is 1. The van der Waals surface area contributed by atoms with Crippen LogP contribution in [0.25, 0.3) is 0 Å². The molecule has 0 saturated heterocycles. The summed E-state index contributed by atoms with van der Waals surface area (Å²) in [5.41, 5.74) is 0.433. The van der Waals surface area contributed by atoms with Crippen LogP contribution in [0.2, 0.25) is 0 Å². The maximum Gasteiger partial charge on any atom is 0.252 e. The molecule has 0 aromatic heterocycles. The molecule has 1 saturated carbocycles. The molecule has 1 aromatic carbocycles. The molecule has 21 heavy (non-hydrogen) atoms. The highest BCUT2D eigenvalue weighted by Gasteiger charge is 2.21. The average molecular weight is 358 g/mol. The first kappa shape index (κ1) is 16.4. The molecule has 2 atom stereocenters. The van der Waals surface area contributed by atoms with Crippen LogP contribution in [0.3, 0.4) is 0 Å². The van der Waals surface area contributed by atoms with Crippen LogP contribution in [-0.2, 0) is 4.74 Å². The van der Waals surface area contributed by atoms with Crippen LogP contribution < -0.4 is 5.32 Å². The first-order valence-corrected chi connectivity index (χ1v) is 8.22. The van der Waals surface area contributed by atoms with Gasteiger partial charge in [-0.2, -0.15) is 0 Å². The van der Waals surface area contributed by atoms with Crippen molar-refractivity contribution >= 4 is 21.8 Å². The molecule has 1 N–H and O–H groups in total. The van der Waals surface area contributed by atoms with Crippen molar-refractivity contribution in [3.63, 3.8) is 0 Å². The summed E-state index contributed by atoms with van der Waals surface area (Å²) in [5, 5.41) is 2.80. The van der Waals surface area contributed by atoms with Gasteiger partial charge in [0.2, 0.25) is 0 Å². The summed E-state index contributed by atoms with van der Waals surface area (Å²) in [6, 6.07) is 4.04. The van der Waals surface area contributed by atoms with E-state index in [4.69, 9.17) is 4.74 Å². The van der Waals surface area contributed by atoms with E-state index < -0.39 is 0 Å². The van der Waals surface area contributed by atoms with E-state index in [1.54, 1.807) is 0 Å². The Bertz CT molecular complexity index is 495. The highest BCUT2D eigenvalue weighted by molar-refractivity contribution is 9.10. The molecule has 3 nitrogen and oxygen atoms in total. The maximum absolute atomic E-state index is 13.0. The second-order valence-corrected chi connectivity index (χ2v) is 6.41. The number of ether oxygens (including phenoxy) is 1. The fourth-order valence-corrected chi connectivity index (χ4v) is 3.20. The van der Waals surface area contributed by atoms with E-state index in [0.29, 0.717) is 35.2 Å². The third-order valence-electron chi connectivity index (χ3n) is 3.93. The van der Waals surface area contributed by atoms with Gasteiger partial charge < -0.3 is 10.1 Å². The van der Waals surface area contributed by atoms with Gasteiger partial charge in [0.25, 0.3) is 5.91 Å². The zero-order valence-electron chi connectivity index (χ0n) is 12.2. The zero-order valence-corrected chi connectivity index (χ0v) is 13.8. The van der Waals surface area contributed by atoms with Crippen molar-refractivity contribution < 1.29 is 13.9 Å². The lowest BCUT2D eigenvalue weighted by molar-refractivity contribution is -0.00294. The lowest BCUT2D eigenvalue weighted by Gasteiger charge is -2.28. The molecular weight excluding hydrogens is 337 g/mol. The summed E-state index contributed by atoms with van der Waals surface area (Å²) in [5.74, 6) is 0.0101. The summed E-state index contributed by atoms with van der Waals surface area (Å²) < 4.78 is 19.3. The summed E-state index contributed by atoms with van der Waals surface area (Å²) in [7, 11) is 0. The molecule has 2 rings (SSSR count). The molecule has 0 bridgehead atoms. The molecule has 1 fully saturated rings. The Kier molecular flexibility index (Phi) is 6.18. The number of halogens is 2. The van der Waals surface area contributed by atoms with Crippen LogP contribution in [0.1, 0.15) is 43.0 Å². The van der Waals surface area contributed by atoms with Gasteiger partial charge in [0.1, 0.15) is 5.82 Å². The molecule has 1 amide bonds. The molecule has 0 radical (unpaired) electrons. The lowest BCUT2D eigenvalue weighted by Crippen LogP contribution is -2.32. The van der Waals surface area contributed by atoms with Gasteiger partial charge in [-0.15, -0.1) is 0 Å². The van der Waals surface area contributed by atoms with E-state index in [1.807, 2.05) is 0 Å². The Morgan fingerprint density at radius 2 is 2.19 bits per heavy atom. The predicted octanol–water partition coefficient (Wildman–Crippen LogP) is 3.91. The lowest BCUT2D eigenvalue weighted by atomic mass is 9.88. The normalized spacial score (nSPS) is 22.0. The SMILES string of the molecule is C[C@@H]1CCCC[C@H]1OCCNC(=O)c1ccc(F)cc1Br. The Morgan fingerprint density at radius 1 is 1.43 bits per heavy atom. The van der Waals surface area contributed by atoms with Crippen LogP contribution in [0.15, 0.2) is 22.7 Å². The standard InChI is InChI=1S/C16H21BrFNO2/c1-11-4-2-3-5-15(11)21-9-8-19-16(20)13-7-6-12(18)10-14(13)17/h6-7,10-11,15H,2-5,8-9H2,1H3,(H,19,20)/t11-,15-/m1/s1. The summed E-state index contributed by atoms with van der Waals surface area (Å²) in [6.45, 7) is 3.20. The van der Waals surface area contributed by atoms with Gasteiger partial charge >= 0.3 is 0 Å². The number of amides is 1. The Hall–Kier alpha value is -0.940. The molecule has 5 heteroatoms. The minimum Gasteiger partial charge on any atom is -0.376 e. The second kappa shape index (κ2) is 7.90. The van der Waals surface area contributed by atoms with Crippen molar-refractivity contribution in [2.75, 3.05) is 13.2 Å². The highest BCUT2D eigenvalue weighted by Crippen LogP contribution is 2.26. The first-order chi connectivity index (χ1) is 10.1. The minimum absolute atomic E-state index is 0.220. The molecule has 1 aromatic rings. The van der Waals surface area contributed by atoms with Crippen molar-refractivity contribution in [1.82, 2.24) is 5.32 Å². The number of rotatable bonds is 5. The van der Waals surface area contributed by atoms with Crippen molar-refractivity contribution in [1.29, 1.82) is 0 Å². The van der Waals surface area contributed by atoms with Crippen LogP contribution in [0.5, 0.6) is 0 Å². The van der Waals surface area contributed by atoms with E-state index in [9.17, 15) is 9.18 Å². The minimum atomic E-state index is -0.368. The van der Waals surface area contributed by atoms with E-state index in [1.165, 1.54) is 37.5 Å². The maximum atomic E-state index is 13.0. The zero-order chi connectivity index (χ0) is 15.2. The van der Waals surface area contributed by atoms with Gasteiger partial charge in [-0.3, -0.25) is 4.79 Å². The number of hydrogen-bond acceptors (Lipinski definition) is 2. The molecular formula is C16H21BrFNO2. The first-order valence-electron chi connectivity index (χ1n) is 7.43. The van der Waals surface area contributed by atoms with Gasteiger partial charge in [-0.05, 0) is 52.9 Å². The third-order valence-corrected chi connectivity index (χ3v) is 4.58. The monoisotopic (exact) mass is 357 g/mol. The van der Waals surface area contributed by atoms with Crippen molar-refractivity contribution in [2.24, 2.45) is 5.92 Å². The van der Waals surface area contributed by atoms with Crippen LogP contribution in [-0.4, -0.2) is 25.2 Å². The number of nitrogens with one attached hydrogen (secondary N) is 1. The van der Waals surface area contributed by atoms with E-state index in [2.05, 4.69) is 28.2 Å². The molecule has 1 aliphatic carbocycles. The molecule has 1 aliphatic rings. The fraction of sp³-hybridized carbons (Fsp3) is 0.562. The van der Waals surface area contributed by atoms with Crippen LogP contribution in [0, 0.1) is 11.7 Å². The number of benzene rings is 1. The van der Waals surface area contributed by atoms with Gasteiger partial charge in [0, 0.05) is 11.0 Å². The van der Waals surface area contributed by atoms with Crippen molar-refractivity contribution in [2.45, 2.75) is 38.7 Å². The van der Waals surface area contributed by atoms with Crippen molar-refractivity contribution in [3.8, 4) is 0 Å². The highest BCUT2D eigenvalue weighted by atomic mass is 79.9. The number of carbonyl (C=O) groups is 1. The van der Waals surface area contributed by atoms with Crippen molar-refractivity contribution in [3.05, 3.63) is 34.1 Å². The average Bonchev–Trinajstić information content (AvgIpc) is 2.45. The second-order valence-electron chi connectivity index (χ2n) is 5.55. The van der Waals surface area contributed by atoms with Crippen LogP contribution in [0.4, 0.5) is 4.39 Å². The van der Waals surface area contributed by atoms with Gasteiger partial charge in [0.05, 0.1) is 18.3 Å². The summed E-state index contributed by atoms with van der Waals surface area (Å²) in [4.78, 5) is 12.0. The summed E-state index contributed by atoms with van der Waals surface area (Å²) >= 11 is 3.20. The quantitative estimate of drug-likeness (QED) is 0.811. The number of hydrogen-bond donors (Lipinski definition) is 1. The van der Waals surface area contributed by atoms with Gasteiger partial charge in [-0.25, -0.2) is 4.39 Å². The molecule has 0 unspecified atom stereocenters. The van der Waals surface area contributed by atoms with E-state index >= 15 is 0 Å². The van der Waals surface area contributed by atoms with Gasteiger partial charge in [-0.1, -0.05) is 19.8 Å². The molecule has 0 heterocycles. The smallest absolute Gasteiger partial charge is 0.252 e. The Morgan fingerprint density at radius 3 is 2.90 bits per heavy atom. The molecule has 0 aliphatic heterocycles. The third kappa shape index (κ3) is 4.78. The Labute approximate surface area is 133 Å². The largest absolute Gasteiger partial charge is 0.376 e. The Balaban J connectivity index is 1.74. The predicted molar refractivity (Wildman–Crippen MR) is 83.8 cm³/mol. The van der Waals surface area contributed by atoms with Crippen LogP contribution >= 0.6 is 15.9 Å². The van der Waals surface area contributed by atoms with E-state index in [-0.39, 0.29) is 11.7 Å².